The van der Waals surface area contributed by atoms with Crippen molar-refractivity contribution in [2.75, 3.05) is 38.1 Å². The van der Waals surface area contributed by atoms with Crippen molar-refractivity contribution in [2.45, 2.75) is 33.3 Å². The van der Waals surface area contributed by atoms with Gasteiger partial charge in [-0.1, -0.05) is 0 Å². The maximum Gasteiger partial charge on any atom is 0.420 e. The zero-order valence-corrected chi connectivity index (χ0v) is 15.2. The Balaban J connectivity index is 2.00. The van der Waals surface area contributed by atoms with Gasteiger partial charge >= 0.3 is 6.09 Å². The summed E-state index contributed by atoms with van der Waals surface area (Å²) in [5.74, 6) is 0. The molecule has 0 unspecified atom stereocenters. The monoisotopic (exact) mass is 330 g/mol. The third kappa shape index (κ3) is 3.24. The standard InChI is InChI=1S/C18H26N4O2/c1-13-12-14-15(21-10-8-20(5)9-11-21)6-7-19-16(14)22(13)17(23)24-18(2,3)4/h6-7,12H,8-11H2,1-5H3. The topological polar surface area (TPSA) is 50.6 Å². The molecule has 0 radical (unpaired) electrons. The molecule has 3 heterocycles. The predicted octanol–water partition coefficient (Wildman–Crippen LogP) is 2.88. The summed E-state index contributed by atoms with van der Waals surface area (Å²) in [6.07, 6.45) is 1.40. The van der Waals surface area contributed by atoms with Crippen LogP contribution in [0.5, 0.6) is 0 Å². The maximum absolute atomic E-state index is 12.6. The number of nitrogens with zero attached hydrogens (tertiary/aromatic N) is 4. The van der Waals surface area contributed by atoms with Gasteiger partial charge in [-0.3, -0.25) is 0 Å². The Hall–Kier alpha value is -2.08. The number of carbonyl (C=O) groups is 1. The molecule has 6 nitrogen and oxygen atoms in total. The number of fused-ring (bicyclic) bond motifs is 1. The molecule has 2 aromatic heterocycles. The van der Waals surface area contributed by atoms with Gasteiger partial charge in [-0.15, -0.1) is 0 Å². The molecule has 0 atom stereocenters. The molecule has 0 spiro atoms. The van der Waals surface area contributed by atoms with Crippen LogP contribution in [-0.2, 0) is 4.74 Å². The van der Waals surface area contributed by atoms with Crippen molar-refractivity contribution in [3.05, 3.63) is 24.0 Å². The first kappa shape index (κ1) is 16.8. The lowest BCUT2D eigenvalue weighted by Crippen LogP contribution is -2.44. The van der Waals surface area contributed by atoms with E-state index in [0.717, 1.165) is 42.9 Å². The fraction of sp³-hybridized carbons (Fsp3) is 0.556. The lowest BCUT2D eigenvalue weighted by atomic mass is 10.2. The number of piperazine rings is 1. The van der Waals surface area contributed by atoms with Crippen LogP contribution in [0.1, 0.15) is 26.5 Å². The molecule has 1 aliphatic heterocycles. The Morgan fingerprint density at radius 2 is 1.88 bits per heavy atom. The summed E-state index contributed by atoms with van der Waals surface area (Å²) in [4.78, 5) is 21.7. The second-order valence-electron chi connectivity index (χ2n) is 7.46. The van der Waals surface area contributed by atoms with E-state index in [-0.39, 0.29) is 6.09 Å². The number of hydrogen-bond donors (Lipinski definition) is 0. The highest BCUT2D eigenvalue weighted by molar-refractivity contribution is 5.96. The Kier molecular flexibility index (Phi) is 4.25. The molecule has 3 rings (SSSR count). The van der Waals surface area contributed by atoms with E-state index in [2.05, 4.69) is 21.8 Å². The molecule has 130 valence electrons. The molecule has 0 saturated carbocycles. The van der Waals surface area contributed by atoms with Gasteiger partial charge in [0, 0.05) is 49.1 Å². The number of aromatic nitrogens is 2. The molecule has 1 saturated heterocycles. The van der Waals surface area contributed by atoms with E-state index in [1.807, 2.05) is 39.8 Å². The summed E-state index contributed by atoms with van der Waals surface area (Å²) < 4.78 is 7.10. The van der Waals surface area contributed by atoms with Gasteiger partial charge in [-0.2, -0.15) is 0 Å². The van der Waals surface area contributed by atoms with Crippen molar-refractivity contribution < 1.29 is 9.53 Å². The zero-order chi connectivity index (χ0) is 17.5. The van der Waals surface area contributed by atoms with Gasteiger partial charge in [-0.25, -0.2) is 14.3 Å². The van der Waals surface area contributed by atoms with E-state index in [9.17, 15) is 4.79 Å². The first-order valence-electron chi connectivity index (χ1n) is 8.40. The van der Waals surface area contributed by atoms with Crippen molar-refractivity contribution in [1.29, 1.82) is 0 Å². The van der Waals surface area contributed by atoms with E-state index in [1.165, 1.54) is 0 Å². The number of carbonyl (C=O) groups excluding carboxylic acids is 1. The number of pyridine rings is 1. The number of hydrogen-bond acceptors (Lipinski definition) is 5. The molecular weight excluding hydrogens is 304 g/mol. The average Bonchev–Trinajstić information content (AvgIpc) is 2.82. The molecular formula is C18H26N4O2. The lowest BCUT2D eigenvalue weighted by Gasteiger charge is -2.34. The highest BCUT2D eigenvalue weighted by Gasteiger charge is 2.24. The van der Waals surface area contributed by atoms with Gasteiger partial charge in [-0.05, 0) is 46.9 Å². The minimum absolute atomic E-state index is 0.377. The van der Waals surface area contributed by atoms with Crippen LogP contribution >= 0.6 is 0 Å². The van der Waals surface area contributed by atoms with E-state index >= 15 is 0 Å². The summed E-state index contributed by atoms with van der Waals surface area (Å²) in [5, 5.41) is 1.01. The van der Waals surface area contributed by atoms with Crippen LogP contribution in [0, 0.1) is 6.92 Å². The van der Waals surface area contributed by atoms with Gasteiger partial charge in [0.05, 0.1) is 0 Å². The maximum atomic E-state index is 12.6. The molecule has 0 N–H and O–H groups in total. The Labute approximate surface area is 143 Å². The minimum atomic E-state index is -0.533. The number of anilines is 1. The number of ether oxygens (including phenoxy) is 1. The van der Waals surface area contributed by atoms with Crippen LogP contribution in [0.25, 0.3) is 11.0 Å². The van der Waals surface area contributed by atoms with Crippen molar-refractivity contribution in [3.63, 3.8) is 0 Å². The molecule has 0 aliphatic carbocycles. The highest BCUT2D eigenvalue weighted by Crippen LogP contribution is 2.29. The van der Waals surface area contributed by atoms with Crippen molar-refractivity contribution in [3.8, 4) is 0 Å². The predicted molar refractivity (Wildman–Crippen MR) is 95.8 cm³/mol. The van der Waals surface area contributed by atoms with Gasteiger partial charge in [0.1, 0.15) is 5.60 Å². The Morgan fingerprint density at radius 3 is 2.50 bits per heavy atom. The summed E-state index contributed by atoms with van der Waals surface area (Å²) in [6, 6.07) is 4.06. The highest BCUT2D eigenvalue weighted by atomic mass is 16.6. The normalized spacial score (nSPS) is 16.6. The molecule has 0 bridgehead atoms. The number of rotatable bonds is 1. The van der Waals surface area contributed by atoms with Crippen molar-refractivity contribution >= 4 is 22.8 Å². The van der Waals surface area contributed by atoms with Crippen LogP contribution in [0.2, 0.25) is 0 Å². The summed E-state index contributed by atoms with van der Waals surface area (Å²) in [6.45, 7) is 11.6. The summed E-state index contributed by atoms with van der Waals surface area (Å²) in [7, 11) is 2.14. The zero-order valence-electron chi connectivity index (χ0n) is 15.2. The van der Waals surface area contributed by atoms with E-state index in [1.54, 1.807) is 10.8 Å². The fourth-order valence-electron chi connectivity index (χ4n) is 3.07. The summed E-state index contributed by atoms with van der Waals surface area (Å²) >= 11 is 0. The second-order valence-corrected chi connectivity index (χ2v) is 7.46. The van der Waals surface area contributed by atoms with Crippen LogP contribution < -0.4 is 4.90 Å². The van der Waals surface area contributed by atoms with E-state index in [4.69, 9.17) is 4.74 Å². The third-order valence-corrected chi connectivity index (χ3v) is 4.28. The van der Waals surface area contributed by atoms with Gasteiger partial charge < -0.3 is 14.5 Å². The quantitative estimate of drug-likeness (QED) is 0.805. The lowest BCUT2D eigenvalue weighted by molar-refractivity contribution is 0.0541. The second kappa shape index (κ2) is 6.09. The van der Waals surface area contributed by atoms with Crippen molar-refractivity contribution in [2.24, 2.45) is 0 Å². The fourth-order valence-corrected chi connectivity index (χ4v) is 3.07. The first-order valence-corrected chi connectivity index (χ1v) is 8.40. The minimum Gasteiger partial charge on any atom is -0.443 e. The molecule has 1 fully saturated rings. The molecule has 2 aromatic rings. The van der Waals surface area contributed by atoms with Crippen molar-refractivity contribution in [1.82, 2.24) is 14.5 Å². The molecule has 1 aliphatic rings. The van der Waals surface area contributed by atoms with E-state index < -0.39 is 5.60 Å². The smallest absolute Gasteiger partial charge is 0.420 e. The van der Waals surface area contributed by atoms with Gasteiger partial charge in [0.2, 0.25) is 0 Å². The first-order chi connectivity index (χ1) is 11.3. The summed E-state index contributed by atoms with van der Waals surface area (Å²) in [5.41, 5.74) is 2.11. The van der Waals surface area contributed by atoms with Crippen LogP contribution in [0.15, 0.2) is 18.3 Å². The average molecular weight is 330 g/mol. The Bertz CT molecular complexity index is 752. The SMILES string of the molecule is Cc1cc2c(N3CCN(C)CC3)ccnc2n1C(=O)OC(C)(C)C. The molecule has 0 aromatic carbocycles. The largest absolute Gasteiger partial charge is 0.443 e. The van der Waals surface area contributed by atoms with E-state index in [0.29, 0.717) is 5.65 Å². The number of aryl methyl sites for hydroxylation is 1. The van der Waals surface area contributed by atoms with Crippen LogP contribution in [0.3, 0.4) is 0 Å². The molecule has 0 amide bonds. The number of likely N-dealkylation sites (N-methyl/N-ethyl adjacent to an activating group) is 1. The Morgan fingerprint density at radius 1 is 1.21 bits per heavy atom. The molecule has 6 heteroatoms. The molecule has 24 heavy (non-hydrogen) atoms. The van der Waals surface area contributed by atoms with Crippen LogP contribution in [-0.4, -0.2) is 59.4 Å². The van der Waals surface area contributed by atoms with Gasteiger partial charge in [0.25, 0.3) is 0 Å². The van der Waals surface area contributed by atoms with Gasteiger partial charge in [0.15, 0.2) is 5.65 Å². The van der Waals surface area contributed by atoms with Crippen LogP contribution in [0.4, 0.5) is 10.5 Å². The third-order valence-electron chi connectivity index (χ3n) is 4.28.